The van der Waals surface area contributed by atoms with Gasteiger partial charge in [0.25, 0.3) is 0 Å². The average Bonchev–Trinajstić information content (AvgIpc) is 3.30. The first-order valence-corrected chi connectivity index (χ1v) is 10.4. The van der Waals surface area contributed by atoms with Crippen molar-refractivity contribution in [3.8, 4) is 5.75 Å². The Hall–Kier alpha value is -2.58. The fraction of sp³-hybridized carbons (Fsp3) is 0.238. The standard InChI is InChI=1S/C21H18F3NO3S/c1-28-19-7-4-14(10-18(19)21(22,23)24)17-12-20(8-9-20)11-16(17)13-2-5-15(6-3-13)29(25,26)27/h2-7,10-12H,8-9H2,1H3,(H2,25,26,27). The summed E-state index contributed by atoms with van der Waals surface area (Å²) in [4.78, 5) is -0.0182. The zero-order valence-electron chi connectivity index (χ0n) is 15.5. The molecule has 4 nitrogen and oxygen atoms in total. The number of halogens is 3. The molecule has 0 amide bonds. The van der Waals surface area contributed by atoms with Gasteiger partial charge in [0.1, 0.15) is 5.75 Å². The summed E-state index contributed by atoms with van der Waals surface area (Å²) in [6.07, 6.45) is 1.36. The number of ether oxygens (including phenoxy) is 1. The Balaban J connectivity index is 1.79. The fourth-order valence-electron chi connectivity index (χ4n) is 3.60. The number of sulfonamides is 1. The van der Waals surface area contributed by atoms with Gasteiger partial charge in [-0.25, -0.2) is 13.6 Å². The van der Waals surface area contributed by atoms with Gasteiger partial charge in [0.15, 0.2) is 0 Å². The molecule has 2 aliphatic rings. The summed E-state index contributed by atoms with van der Waals surface area (Å²) in [5.41, 5.74) is 1.65. The Morgan fingerprint density at radius 2 is 1.52 bits per heavy atom. The van der Waals surface area contributed by atoms with Crippen LogP contribution in [0.4, 0.5) is 13.2 Å². The highest BCUT2D eigenvalue weighted by Gasteiger charge is 2.43. The minimum absolute atomic E-state index is 0.0182. The molecule has 0 aliphatic heterocycles. The van der Waals surface area contributed by atoms with E-state index in [1.165, 1.54) is 25.3 Å². The highest BCUT2D eigenvalue weighted by molar-refractivity contribution is 7.89. The lowest BCUT2D eigenvalue weighted by Gasteiger charge is -2.16. The summed E-state index contributed by atoms with van der Waals surface area (Å²) >= 11 is 0. The molecule has 2 aromatic rings. The van der Waals surface area contributed by atoms with Gasteiger partial charge in [-0.2, -0.15) is 13.2 Å². The van der Waals surface area contributed by atoms with E-state index in [1.54, 1.807) is 18.2 Å². The van der Waals surface area contributed by atoms with Crippen molar-refractivity contribution >= 4 is 21.2 Å². The molecule has 2 aromatic carbocycles. The first kappa shape index (κ1) is 19.7. The fourth-order valence-corrected chi connectivity index (χ4v) is 4.12. The summed E-state index contributed by atoms with van der Waals surface area (Å²) < 4.78 is 68.2. The van der Waals surface area contributed by atoms with E-state index < -0.39 is 21.8 Å². The normalized spacial score (nSPS) is 17.8. The van der Waals surface area contributed by atoms with Crippen LogP contribution in [0.1, 0.15) is 29.5 Å². The average molecular weight is 421 g/mol. The van der Waals surface area contributed by atoms with E-state index in [-0.39, 0.29) is 16.1 Å². The maximum Gasteiger partial charge on any atom is 0.419 e. The van der Waals surface area contributed by atoms with Gasteiger partial charge < -0.3 is 4.74 Å². The van der Waals surface area contributed by atoms with Crippen LogP contribution in [0.3, 0.4) is 0 Å². The van der Waals surface area contributed by atoms with Gasteiger partial charge >= 0.3 is 6.18 Å². The first-order chi connectivity index (χ1) is 13.5. The molecule has 0 aromatic heterocycles. The first-order valence-electron chi connectivity index (χ1n) is 8.87. The van der Waals surface area contributed by atoms with E-state index in [4.69, 9.17) is 9.88 Å². The zero-order chi connectivity index (χ0) is 21.0. The molecule has 1 saturated carbocycles. The van der Waals surface area contributed by atoms with Crippen LogP contribution in [0.5, 0.6) is 5.75 Å². The van der Waals surface area contributed by atoms with Crippen LogP contribution in [-0.2, 0) is 16.2 Å². The third-order valence-corrected chi connectivity index (χ3v) is 6.22. The lowest BCUT2D eigenvalue weighted by molar-refractivity contribution is -0.138. The Kier molecular flexibility index (Phi) is 4.40. The second kappa shape index (κ2) is 6.47. The summed E-state index contributed by atoms with van der Waals surface area (Å²) in [5, 5.41) is 5.14. The van der Waals surface area contributed by atoms with E-state index in [2.05, 4.69) is 0 Å². The van der Waals surface area contributed by atoms with Crippen molar-refractivity contribution in [1.29, 1.82) is 0 Å². The maximum atomic E-state index is 13.5. The molecule has 0 saturated heterocycles. The maximum absolute atomic E-state index is 13.5. The molecule has 1 spiro atoms. The number of alkyl halides is 3. The number of methoxy groups -OCH3 is 1. The van der Waals surface area contributed by atoms with Gasteiger partial charge in [-0.3, -0.25) is 0 Å². The second-order valence-electron chi connectivity index (χ2n) is 7.33. The summed E-state index contributed by atoms with van der Waals surface area (Å²) in [7, 11) is -2.62. The van der Waals surface area contributed by atoms with Crippen LogP contribution in [0.2, 0.25) is 0 Å². The van der Waals surface area contributed by atoms with E-state index in [9.17, 15) is 21.6 Å². The third kappa shape index (κ3) is 3.70. The van der Waals surface area contributed by atoms with E-state index in [1.807, 2.05) is 12.2 Å². The molecule has 4 rings (SSSR count). The molecule has 152 valence electrons. The minimum atomic E-state index is -4.54. The van der Waals surface area contributed by atoms with Crippen LogP contribution < -0.4 is 9.88 Å². The highest BCUT2D eigenvalue weighted by atomic mass is 32.2. The molecule has 0 radical (unpaired) electrons. The summed E-state index contributed by atoms with van der Waals surface area (Å²) in [5.74, 6) is -0.232. The van der Waals surface area contributed by atoms with Gasteiger partial charge in [0, 0.05) is 5.41 Å². The molecule has 0 heterocycles. The monoisotopic (exact) mass is 421 g/mol. The highest BCUT2D eigenvalue weighted by Crippen LogP contribution is 2.58. The molecule has 8 heteroatoms. The second-order valence-corrected chi connectivity index (χ2v) is 8.89. The van der Waals surface area contributed by atoms with Crippen molar-refractivity contribution in [2.75, 3.05) is 7.11 Å². The lowest BCUT2D eigenvalue weighted by atomic mass is 9.93. The van der Waals surface area contributed by atoms with Gasteiger partial charge in [-0.05, 0) is 59.4 Å². The van der Waals surface area contributed by atoms with Crippen molar-refractivity contribution in [2.24, 2.45) is 10.6 Å². The van der Waals surface area contributed by atoms with Crippen molar-refractivity contribution in [3.63, 3.8) is 0 Å². The van der Waals surface area contributed by atoms with Gasteiger partial charge in [0.05, 0.1) is 17.6 Å². The molecular weight excluding hydrogens is 403 g/mol. The topological polar surface area (TPSA) is 69.4 Å². The molecule has 2 N–H and O–H groups in total. The van der Waals surface area contributed by atoms with Crippen molar-refractivity contribution in [1.82, 2.24) is 0 Å². The predicted molar refractivity (Wildman–Crippen MR) is 103 cm³/mol. The number of hydrogen-bond acceptors (Lipinski definition) is 3. The number of hydrogen-bond donors (Lipinski definition) is 1. The molecule has 1 fully saturated rings. The largest absolute Gasteiger partial charge is 0.496 e. The van der Waals surface area contributed by atoms with Crippen LogP contribution in [0.25, 0.3) is 11.1 Å². The molecule has 0 atom stereocenters. The molecule has 0 unspecified atom stereocenters. The quantitative estimate of drug-likeness (QED) is 0.783. The van der Waals surface area contributed by atoms with Crippen LogP contribution in [-0.4, -0.2) is 15.5 Å². The lowest BCUT2D eigenvalue weighted by Crippen LogP contribution is -2.11. The molecule has 0 bridgehead atoms. The van der Waals surface area contributed by atoms with Crippen LogP contribution >= 0.6 is 0 Å². The van der Waals surface area contributed by atoms with Gasteiger partial charge in [-0.1, -0.05) is 30.4 Å². The summed E-state index contributed by atoms with van der Waals surface area (Å²) in [6.45, 7) is 0. The van der Waals surface area contributed by atoms with Crippen LogP contribution in [0.15, 0.2) is 59.5 Å². The number of primary sulfonamides is 1. The predicted octanol–water partition coefficient (Wildman–Crippen LogP) is 4.62. The Morgan fingerprint density at radius 1 is 0.966 bits per heavy atom. The minimum Gasteiger partial charge on any atom is -0.496 e. The number of nitrogens with two attached hydrogens (primary N) is 1. The number of benzene rings is 2. The van der Waals surface area contributed by atoms with Gasteiger partial charge in [0.2, 0.25) is 10.0 Å². The Bertz CT molecular complexity index is 1140. The Labute approximate surface area is 166 Å². The third-order valence-electron chi connectivity index (χ3n) is 5.29. The van der Waals surface area contributed by atoms with Gasteiger partial charge in [-0.15, -0.1) is 0 Å². The van der Waals surface area contributed by atoms with Crippen molar-refractivity contribution < 1.29 is 26.3 Å². The molecule has 2 aliphatic carbocycles. The van der Waals surface area contributed by atoms with Crippen LogP contribution in [0, 0.1) is 5.41 Å². The Morgan fingerprint density at radius 3 is 2.00 bits per heavy atom. The number of rotatable bonds is 4. The molecule has 29 heavy (non-hydrogen) atoms. The SMILES string of the molecule is COc1ccc(C2=CC3(C=C2c2ccc(S(N)(=O)=O)cc2)CC3)cc1C(F)(F)F. The molecular formula is C21H18F3NO3S. The van der Waals surface area contributed by atoms with E-state index >= 15 is 0 Å². The summed E-state index contributed by atoms with van der Waals surface area (Å²) in [6, 6.07) is 10.1. The number of allylic oxidation sites excluding steroid dienone is 4. The smallest absolute Gasteiger partial charge is 0.419 e. The van der Waals surface area contributed by atoms with E-state index in [0.717, 1.165) is 30.0 Å². The zero-order valence-corrected chi connectivity index (χ0v) is 16.3. The van der Waals surface area contributed by atoms with E-state index in [0.29, 0.717) is 11.1 Å². The van der Waals surface area contributed by atoms with Crippen molar-refractivity contribution in [2.45, 2.75) is 23.9 Å². The van der Waals surface area contributed by atoms with Crippen molar-refractivity contribution in [3.05, 3.63) is 71.3 Å².